The molecule has 0 aromatic heterocycles. The summed E-state index contributed by atoms with van der Waals surface area (Å²) in [5.41, 5.74) is 0.0843. The van der Waals surface area contributed by atoms with E-state index in [0.29, 0.717) is 0 Å². The van der Waals surface area contributed by atoms with Gasteiger partial charge in [0.1, 0.15) is 5.57 Å². The Labute approximate surface area is 109 Å². The van der Waals surface area contributed by atoms with E-state index < -0.39 is 5.97 Å². The molecule has 0 radical (unpaired) electrons. The van der Waals surface area contributed by atoms with Gasteiger partial charge >= 0.3 is 5.97 Å². The van der Waals surface area contributed by atoms with E-state index in [2.05, 4.69) is 18.6 Å². The number of hydrogen-bond acceptors (Lipinski definition) is 3. The molecule has 1 N–H and O–H groups in total. The lowest BCUT2D eigenvalue weighted by Gasteiger charge is -2.11. The fraction of sp³-hybridized carbons (Fsp3) is 0.571. The number of carbonyl (C=O) groups excluding carboxylic acids is 2. The Morgan fingerprint density at radius 2 is 1.72 bits per heavy atom. The lowest BCUT2D eigenvalue weighted by atomic mass is 10.2. The van der Waals surface area contributed by atoms with Crippen molar-refractivity contribution in [3.8, 4) is 0 Å². The Morgan fingerprint density at radius 3 is 2.11 bits per heavy atom. The van der Waals surface area contributed by atoms with Crippen LogP contribution in [0, 0.1) is 0 Å². The number of methoxy groups -OCH3 is 1. The molecule has 0 saturated carbocycles. The van der Waals surface area contributed by atoms with Crippen molar-refractivity contribution >= 4 is 11.8 Å². The molecule has 0 bridgehead atoms. The molecule has 0 rings (SSSR count). The van der Waals surface area contributed by atoms with Gasteiger partial charge in [0.25, 0.3) is 0 Å². The lowest BCUT2D eigenvalue weighted by Crippen LogP contribution is -3.07. The minimum atomic E-state index is -0.584. The molecular weight excluding hydrogens is 230 g/mol. The second-order valence-electron chi connectivity index (χ2n) is 4.15. The first-order chi connectivity index (χ1) is 8.56. The topological polar surface area (TPSA) is 47.8 Å². The molecule has 0 heterocycles. The third-order valence-corrected chi connectivity index (χ3v) is 2.52. The van der Waals surface area contributed by atoms with Crippen LogP contribution >= 0.6 is 0 Å². The van der Waals surface area contributed by atoms with Crippen LogP contribution in [0.1, 0.15) is 33.6 Å². The van der Waals surface area contributed by atoms with E-state index in [1.165, 1.54) is 25.0 Å². The summed E-state index contributed by atoms with van der Waals surface area (Å²) in [5.74, 6) is -0.862. The number of carbonyl (C=O) groups is 2. The van der Waals surface area contributed by atoms with Crippen molar-refractivity contribution in [3.05, 3.63) is 23.9 Å². The van der Waals surface area contributed by atoms with Crippen LogP contribution in [0.3, 0.4) is 0 Å². The van der Waals surface area contributed by atoms with Crippen LogP contribution < -0.4 is 4.90 Å². The van der Waals surface area contributed by atoms with Crippen molar-refractivity contribution in [1.29, 1.82) is 0 Å². The number of quaternary nitrogens is 1. The first kappa shape index (κ1) is 16.6. The maximum atomic E-state index is 11.3. The summed E-state index contributed by atoms with van der Waals surface area (Å²) in [5, 5.41) is 0. The maximum Gasteiger partial charge on any atom is 0.341 e. The van der Waals surface area contributed by atoms with Crippen LogP contribution in [0.25, 0.3) is 0 Å². The highest BCUT2D eigenvalue weighted by Crippen LogP contribution is 1.99. The second-order valence-corrected chi connectivity index (χ2v) is 4.15. The third-order valence-electron chi connectivity index (χ3n) is 2.52. The Kier molecular flexibility index (Phi) is 8.84. The molecule has 0 aliphatic carbocycles. The van der Waals surface area contributed by atoms with Gasteiger partial charge in [-0.2, -0.15) is 0 Å². The maximum absolute atomic E-state index is 11.3. The molecule has 0 aromatic rings. The van der Waals surface area contributed by atoms with Gasteiger partial charge in [-0.05, 0) is 31.9 Å². The number of allylic oxidation sites excluding steroid dienone is 2. The average molecular weight is 254 g/mol. The van der Waals surface area contributed by atoms with Gasteiger partial charge in [0.15, 0.2) is 5.78 Å². The molecule has 0 spiro atoms. The number of ketones is 1. The van der Waals surface area contributed by atoms with Crippen molar-refractivity contribution < 1.29 is 19.2 Å². The SMILES string of the molecule is CCC[NH+](/C=C/C=C(\C(C)=O)C(=O)OC)CCC. The van der Waals surface area contributed by atoms with Gasteiger partial charge in [0.05, 0.1) is 26.4 Å². The largest absolute Gasteiger partial charge is 0.465 e. The number of nitrogens with one attached hydrogen (secondary N) is 1. The van der Waals surface area contributed by atoms with Gasteiger partial charge in [-0.15, -0.1) is 0 Å². The minimum absolute atomic E-state index is 0.0843. The van der Waals surface area contributed by atoms with E-state index in [1.807, 2.05) is 6.20 Å². The second kappa shape index (κ2) is 9.59. The van der Waals surface area contributed by atoms with Crippen molar-refractivity contribution in [1.82, 2.24) is 0 Å². The summed E-state index contributed by atoms with van der Waals surface area (Å²) in [6.07, 6.45) is 7.46. The number of esters is 1. The van der Waals surface area contributed by atoms with Gasteiger partial charge in [-0.1, -0.05) is 13.8 Å². The smallest absolute Gasteiger partial charge is 0.341 e. The summed E-state index contributed by atoms with van der Waals surface area (Å²) in [4.78, 5) is 23.9. The van der Waals surface area contributed by atoms with Gasteiger partial charge < -0.3 is 9.64 Å². The van der Waals surface area contributed by atoms with E-state index in [0.717, 1.165) is 25.9 Å². The zero-order valence-electron chi connectivity index (χ0n) is 11.8. The van der Waals surface area contributed by atoms with Crippen molar-refractivity contribution in [2.75, 3.05) is 20.2 Å². The zero-order chi connectivity index (χ0) is 14.0. The molecule has 0 aliphatic heterocycles. The molecule has 0 aliphatic rings. The molecule has 102 valence electrons. The summed E-state index contributed by atoms with van der Waals surface area (Å²) in [6, 6.07) is 0. The number of rotatable bonds is 8. The van der Waals surface area contributed by atoms with Gasteiger partial charge in [-0.25, -0.2) is 4.79 Å². The molecule has 18 heavy (non-hydrogen) atoms. The van der Waals surface area contributed by atoms with Crippen molar-refractivity contribution in [2.45, 2.75) is 33.6 Å². The van der Waals surface area contributed by atoms with E-state index in [1.54, 1.807) is 6.08 Å². The molecule has 0 atom stereocenters. The third kappa shape index (κ3) is 6.35. The van der Waals surface area contributed by atoms with Gasteiger partial charge in [0, 0.05) is 0 Å². The van der Waals surface area contributed by atoms with E-state index in [4.69, 9.17) is 0 Å². The normalized spacial score (nSPS) is 12.2. The molecule has 4 heteroatoms. The molecule has 0 aromatic carbocycles. The van der Waals surface area contributed by atoms with Crippen LogP contribution in [0.2, 0.25) is 0 Å². The molecule has 0 unspecified atom stereocenters. The number of Topliss-reactive ketones (excluding diaryl/α,β-unsaturated/α-hetero) is 1. The Bertz CT molecular complexity index is 326. The van der Waals surface area contributed by atoms with Gasteiger partial charge in [0.2, 0.25) is 0 Å². The predicted octanol–water partition coefficient (Wildman–Crippen LogP) is 0.893. The minimum Gasteiger partial charge on any atom is -0.465 e. The average Bonchev–Trinajstić information content (AvgIpc) is 2.33. The Hall–Kier alpha value is -1.42. The molecule has 4 nitrogen and oxygen atoms in total. The summed E-state index contributed by atoms with van der Waals surface area (Å²) in [7, 11) is 1.27. The highest BCUT2D eigenvalue weighted by molar-refractivity contribution is 6.16. The molecule has 0 saturated heterocycles. The van der Waals surface area contributed by atoms with Crippen LogP contribution in [-0.4, -0.2) is 32.0 Å². The highest BCUT2D eigenvalue weighted by Gasteiger charge is 2.13. The Balaban J connectivity index is 4.71. The summed E-state index contributed by atoms with van der Waals surface area (Å²) in [6.45, 7) is 7.72. The predicted molar refractivity (Wildman–Crippen MR) is 71.2 cm³/mol. The van der Waals surface area contributed by atoms with Crippen LogP contribution in [0.15, 0.2) is 23.9 Å². The fourth-order valence-electron chi connectivity index (χ4n) is 1.65. The molecule has 0 amide bonds. The van der Waals surface area contributed by atoms with Crippen molar-refractivity contribution in [3.63, 3.8) is 0 Å². The van der Waals surface area contributed by atoms with E-state index >= 15 is 0 Å². The first-order valence-corrected chi connectivity index (χ1v) is 6.39. The lowest BCUT2D eigenvalue weighted by molar-refractivity contribution is -0.847. The fourth-order valence-corrected chi connectivity index (χ4v) is 1.65. The van der Waals surface area contributed by atoms with E-state index in [9.17, 15) is 9.59 Å². The zero-order valence-corrected chi connectivity index (χ0v) is 11.8. The number of hydrogen-bond donors (Lipinski definition) is 1. The highest BCUT2D eigenvalue weighted by atomic mass is 16.5. The summed E-state index contributed by atoms with van der Waals surface area (Å²) < 4.78 is 4.56. The first-order valence-electron chi connectivity index (χ1n) is 6.39. The monoisotopic (exact) mass is 254 g/mol. The van der Waals surface area contributed by atoms with Gasteiger partial charge in [-0.3, -0.25) is 4.79 Å². The quantitative estimate of drug-likeness (QED) is 0.230. The molecule has 0 fully saturated rings. The van der Waals surface area contributed by atoms with Crippen molar-refractivity contribution in [2.24, 2.45) is 0 Å². The van der Waals surface area contributed by atoms with Crippen LogP contribution in [-0.2, 0) is 14.3 Å². The van der Waals surface area contributed by atoms with Crippen LogP contribution in [0.4, 0.5) is 0 Å². The number of ether oxygens (including phenoxy) is 1. The van der Waals surface area contributed by atoms with E-state index in [-0.39, 0.29) is 11.4 Å². The molecular formula is C14H24NO3+. The standard InChI is InChI=1S/C14H23NO3/c1-5-9-15(10-6-2)11-7-8-13(12(3)16)14(17)18-4/h7-8,11H,5-6,9-10H2,1-4H3/p+1/b11-7+,13-8+. The summed E-state index contributed by atoms with van der Waals surface area (Å²) >= 11 is 0. The Morgan fingerprint density at radius 1 is 1.17 bits per heavy atom. The van der Waals surface area contributed by atoms with Crippen LogP contribution in [0.5, 0.6) is 0 Å².